The maximum atomic E-state index is 12.5. The molecule has 1 fully saturated rings. The zero-order chi connectivity index (χ0) is 26.4. The molecule has 2 aromatic carbocycles. The lowest BCUT2D eigenvalue weighted by Gasteiger charge is -2.42. The minimum Gasteiger partial charge on any atom is -0.462 e. The summed E-state index contributed by atoms with van der Waals surface area (Å²) in [6.45, 7) is 3.57. The molecule has 3 aromatic rings. The first-order valence-electron chi connectivity index (χ1n) is 13.3. The van der Waals surface area contributed by atoms with E-state index in [2.05, 4.69) is 40.3 Å². The van der Waals surface area contributed by atoms with Gasteiger partial charge in [0.1, 0.15) is 12.4 Å². The third-order valence-electron chi connectivity index (χ3n) is 7.54. The third-order valence-corrected chi connectivity index (χ3v) is 7.54. The van der Waals surface area contributed by atoms with Crippen LogP contribution >= 0.6 is 0 Å². The van der Waals surface area contributed by atoms with E-state index < -0.39 is 5.97 Å². The van der Waals surface area contributed by atoms with Crippen molar-refractivity contribution in [1.82, 2.24) is 14.9 Å². The normalized spacial score (nSPS) is 16.2. The van der Waals surface area contributed by atoms with Crippen LogP contribution in [0.5, 0.6) is 0 Å². The SMILES string of the molecule is CCOC(=O)c1cnc(CC2(c3cccc(C4=CCN(C(=O)OCc5ccccc5)CC4)c3)CCC2)nc1. The molecular formula is C31H33N3O4. The molecule has 1 amide bonds. The van der Waals surface area contributed by atoms with Gasteiger partial charge in [0, 0.05) is 37.3 Å². The van der Waals surface area contributed by atoms with Crippen LogP contribution < -0.4 is 0 Å². The van der Waals surface area contributed by atoms with Crippen molar-refractivity contribution in [2.45, 2.75) is 51.0 Å². The second-order valence-electron chi connectivity index (χ2n) is 9.97. The number of benzene rings is 2. The molecule has 1 aliphatic carbocycles. The number of aromatic nitrogens is 2. The molecule has 0 unspecified atom stereocenters. The van der Waals surface area contributed by atoms with Gasteiger partial charge in [-0.25, -0.2) is 19.6 Å². The highest BCUT2D eigenvalue weighted by atomic mass is 16.6. The predicted molar refractivity (Wildman–Crippen MR) is 144 cm³/mol. The molecular weight excluding hydrogens is 478 g/mol. The van der Waals surface area contributed by atoms with Crippen LogP contribution in [-0.4, -0.2) is 46.6 Å². The molecule has 0 atom stereocenters. The maximum absolute atomic E-state index is 12.5. The van der Waals surface area contributed by atoms with Crippen molar-refractivity contribution < 1.29 is 19.1 Å². The molecule has 2 aliphatic rings. The molecule has 2 heterocycles. The minimum absolute atomic E-state index is 0.00393. The standard InChI is InChI=1S/C31H33N3O4/c1-2-37-29(35)26-20-32-28(33-21-26)19-31(14-7-15-31)27-11-6-10-25(18-27)24-12-16-34(17-13-24)30(36)38-22-23-8-4-3-5-9-23/h3-6,8-12,18,20-21H,2,7,13-17,19,22H2,1H3. The van der Waals surface area contributed by atoms with Gasteiger partial charge in [0.15, 0.2) is 0 Å². The largest absolute Gasteiger partial charge is 0.462 e. The molecule has 1 saturated carbocycles. The highest BCUT2D eigenvalue weighted by Crippen LogP contribution is 2.46. The summed E-state index contributed by atoms with van der Waals surface area (Å²) in [5.74, 6) is 0.346. The Kier molecular flexibility index (Phi) is 7.82. The fraction of sp³-hybridized carbons (Fsp3) is 0.355. The number of carbonyl (C=O) groups is 2. The van der Waals surface area contributed by atoms with E-state index >= 15 is 0 Å². The monoisotopic (exact) mass is 511 g/mol. The van der Waals surface area contributed by atoms with E-state index in [1.165, 1.54) is 23.1 Å². The van der Waals surface area contributed by atoms with Crippen LogP contribution in [0.1, 0.15) is 65.5 Å². The van der Waals surface area contributed by atoms with Crippen LogP contribution in [0, 0.1) is 0 Å². The van der Waals surface area contributed by atoms with Crippen LogP contribution in [0.25, 0.3) is 5.57 Å². The zero-order valence-corrected chi connectivity index (χ0v) is 21.8. The summed E-state index contributed by atoms with van der Waals surface area (Å²) >= 11 is 0. The van der Waals surface area contributed by atoms with Crippen molar-refractivity contribution in [2.75, 3.05) is 19.7 Å². The van der Waals surface area contributed by atoms with Crippen molar-refractivity contribution >= 4 is 17.6 Å². The van der Waals surface area contributed by atoms with Crippen LogP contribution in [0.3, 0.4) is 0 Å². The summed E-state index contributed by atoms with van der Waals surface area (Å²) in [5.41, 5.74) is 5.11. The van der Waals surface area contributed by atoms with E-state index in [0.29, 0.717) is 25.3 Å². The van der Waals surface area contributed by atoms with E-state index in [1.54, 1.807) is 24.2 Å². The second-order valence-corrected chi connectivity index (χ2v) is 9.97. The average Bonchev–Trinajstić information content (AvgIpc) is 2.95. The highest BCUT2D eigenvalue weighted by Gasteiger charge is 2.39. The first-order valence-corrected chi connectivity index (χ1v) is 13.3. The Morgan fingerprint density at radius 3 is 2.45 bits per heavy atom. The Morgan fingerprint density at radius 2 is 1.79 bits per heavy atom. The lowest BCUT2D eigenvalue weighted by molar-refractivity contribution is 0.0525. The number of nitrogens with zero attached hydrogens (tertiary/aromatic N) is 3. The van der Waals surface area contributed by atoms with Crippen LogP contribution in [0.2, 0.25) is 0 Å². The number of ether oxygens (including phenoxy) is 2. The molecule has 0 bridgehead atoms. The van der Waals surface area contributed by atoms with E-state index in [4.69, 9.17) is 9.47 Å². The second kappa shape index (κ2) is 11.6. The zero-order valence-electron chi connectivity index (χ0n) is 21.8. The molecule has 7 heteroatoms. The summed E-state index contributed by atoms with van der Waals surface area (Å²) in [7, 11) is 0. The van der Waals surface area contributed by atoms with Gasteiger partial charge < -0.3 is 14.4 Å². The third kappa shape index (κ3) is 5.77. The van der Waals surface area contributed by atoms with Crippen molar-refractivity contribution in [3.05, 3.63) is 101 Å². The van der Waals surface area contributed by atoms with Gasteiger partial charge >= 0.3 is 12.1 Å². The fourth-order valence-corrected chi connectivity index (χ4v) is 5.20. The minimum atomic E-state index is -0.395. The van der Waals surface area contributed by atoms with Gasteiger partial charge in [-0.3, -0.25) is 0 Å². The fourth-order valence-electron chi connectivity index (χ4n) is 5.20. The summed E-state index contributed by atoms with van der Waals surface area (Å²) in [5, 5.41) is 0. The number of carbonyl (C=O) groups excluding carboxylic acids is 2. The van der Waals surface area contributed by atoms with Crippen molar-refractivity contribution in [1.29, 1.82) is 0 Å². The molecule has 5 rings (SSSR count). The molecule has 38 heavy (non-hydrogen) atoms. The van der Waals surface area contributed by atoms with E-state index in [9.17, 15) is 9.59 Å². The Labute approximate surface area is 223 Å². The van der Waals surface area contributed by atoms with Gasteiger partial charge in [-0.15, -0.1) is 0 Å². The van der Waals surface area contributed by atoms with Crippen molar-refractivity contribution in [3.8, 4) is 0 Å². The van der Waals surface area contributed by atoms with Gasteiger partial charge in [-0.1, -0.05) is 67.1 Å². The lowest BCUT2D eigenvalue weighted by Crippen LogP contribution is -2.37. The van der Waals surface area contributed by atoms with Gasteiger partial charge in [0.2, 0.25) is 0 Å². The molecule has 1 aromatic heterocycles. The summed E-state index contributed by atoms with van der Waals surface area (Å²) < 4.78 is 10.5. The molecule has 196 valence electrons. The molecule has 0 saturated heterocycles. The first kappa shape index (κ1) is 25.6. The smallest absolute Gasteiger partial charge is 0.410 e. The Morgan fingerprint density at radius 1 is 1.00 bits per heavy atom. The summed E-state index contributed by atoms with van der Waals surface area (Å²) in [6.07, 6.45) is 9.85. The number of rotatable bonds is 8. The highest BCUT2D eigenvalue weighted by molar-refractivity contribution is 5.88. The number of hydrogen-bond donors (Lipinski definition) is 0. The Bertz CT molecular complexity index is 1300. The van der Waals surface area contributed by atoms with E-state index in [1.807, 2.05) is 30.3 Å². The van der Waals surface area contributed by atoms with E-state index in [0.717, 1.165) is 37.1 Å². The molecule has 7 nitrogen and oxygen atoms in total. The topological polar surface area (TPSA) is 81.6 Å². The Hall–Kier alpha value is -4.00. The van der Waals surface area contributed by atoms with Crippen molar-refractivity contribution in [2.24, 2.45) is 0 Å². The molecule has 0 spiro atoms. The van der Waals surface area contributed by atoms with Crippen molar-refractivity contribution in [3.63, 3.8) is 0 Å². The number of hydrogen-bond acceptors (Lipinski definition) is 6. The first-order chi connectivity index (χ1) is 18.6. The summed E-state index contributed by atoms with van der Waals surface area (Å²) in [4.78, 5) is 35.2. The predicted octanol–water partition coefficient (Wildman–Crippen LogP) is 5.74. The average molecular weight is 512 g/mol. The number of esters is 1. The maximum Gasteiger partial charge on any atom is 0.410 e. The quantitative estimate of drug-likeness (QED) is 0.359. The van der Waals surface area contributed by atoms with Crippen LogP contribution in [0.15, 0.2) is 73.1 Å². The van der Waals surface area contributed by atoms with Crippen LogP contribution in [-0.2, 0) is 27.9 Å². The van der Waals surface area contributed by atoms with E-state index in [-0.39, 0.29) is 18.1 Å². The Balaban J connectivity index is 1.23. The van der Waals surface area contributed by atoms with Gasteiger partial charge in [0.05, 0.1) is 12.2 Å². The number of amides is 1. The van der Waals surface area contributed by atoms with Crippen LogP contribution in [0.4, 0.5) is 4.79 Å². The molecule has 1 aliphatic heterocycles. The lowest BCUT2D eigenvalue weighted by atomic mass is 9.62. The van der Waals surface area contributed by atoms with Gasteiger partial charge in [-0.2, -0.15) is 0 Å². The molecule has 0 radical (unpaired) electrons. The van der Waals surface area contributed by atoms with Gasteiger partial charge in [-0.05, 0) is 48.4 Å². The summed E-state index contributed by atoms with van der Waals surface area (Å²) in [6, 6.07) is 18.5. The molecule has 0 N–H and O–H groups in total. The van der Waals surface area contributed by atoms with Gasteiger partial charge in [0.25, 0.3) is 0 Å².